The first-order valence-electron chi connectivity index (χ1n) is 12.4. The van der Waals surface area contributed by atoms with Crippen LogP contribution in [0.3, 0.4) is 0 Å². The molecule has 0 amide bonds. The van der Waals surface area contributed by atoms with E-state index < -0.39 is 16.6 Å². The number of rotatable bonds is 4. The summed E-state index contributed by atoms with van der Waals surface area (Å²) in [6.07, 6.45) is 14.3. The van der Waals surface area contributed by atoms with Crippen molar-refractivity contribution in [3.63, 3.8) is 0 Å². The van der Waals surface area contributed by atoms with E-state index in [0.29, 0.717) is 23.0 Å². The van der Waals surface area contributed by atoms with Gasteiger partial charge in [-0.3, -0.25) is 0 Å². The van der Waals surface area contributed by atoms with Crippen molar-refractivity contribution in [2.75, 3.05) is 0 Å². The van der Waals surface area contributed by atoms with Gasteiger partial charge in [-0.1, -0.05) is 25.5 Å². The average molecular weight is 435 g/mol. The molecular weight excluding hydrogens is 388 g/mol. The van der Waals surface area contributed by atoms with Gasteiger partial charge in [-0.05, 0) is 119 Å². The van der Waals surface area contributed by atoms with Gasteiger partial charge in [0.2, 0.25) is 0 Å². The lowest BCUT2D eigenvalue weighted by atomic mass is 9.47. The van der Waals surface area contributed by atoms with E-state index in [2.05, 4.69) is 59.2 Å². The molecule has 4 heteroatoms. The van der Waals surface area contributed by atoms with Crippen LogP contribution >= 0.6 is 0 Å². The minimum Gasteiger partial charge on any atom is -0.414 e. The Balaban J connectivity index is 1.54. The minimum atomic E-state index is -1.48. The highest BCUT2D eigenvalue weighted by Crippen LogP contribution is 2.66. The van der Waals surface area contributed by atoms with E-state index >= 15 is 0 Å². The fourth-order valence-corrected chi connectivity index (χ4v) is 10.2. The monoisotopic (exact) mass is 434 g/mol. The summed E-state index contributed by atoms with van der Waals surface area (Å²) in [6.45, 7) is 19.3. The summed E-state index contributed by atoms with van der Waals surface area (Å²) in [7, 11) is -2.95. The van der Waals surface area contributed by atoms with Crippen molar-refractivity contribution in [1.29, 1.82) is 0 Å². The van der Waals surface area contributed by atoms with Gasteiger partial charge in [-0.25, -0.2) is 0 Å². The van der Waals surface area contributed by atoms with E-state index in [-0.39, 0.29) is 0 Å². The number of hydrogen-bond acceptors (Lipinski definition) is 2. The van der Waals surface area contributed by atoms with Crippen molar-refractivity contribution in [3.05, 3.63) is 11.6 Å². The fourth-order valence-electron chi connectivity index (χ4n) is 7.82. The first-order valence-corrected chi connectivity index (χ1v) is 19.2. The van der Waals surface area contributed by atoms with E-state index in [4.69, 9.17) is 8.85 Å². The molecule has 0 aliphatic heterocycles. The first kappa shape index (κ1) is 22.3. The maximum absolute atomic E-state index is 6.76. The molecule has 0 radical (unpaired) electrons. The second kappa shape index (κ2) is 7.32. The van der Waals surface area contributed by atoms with E-state index in [1.54, 1.807) is 5.57 Å². The van der Waals surface area contributed by atoms with Crippen molar-refractivity contribution in [1.82, 2.24) is 0 Å². The molecule has 7 atom stereocenters. The standard InChI is InChI=1S/C25H46O2Si2/c1-24-15-13-19(26-28(3,4)5)17-18(24)9-10-20-21-11-12-23(27-29(6,7)8)25(21,2)16-14-22(20)24/h17,19-23H,9-16H2,1-8H3/t19-,20?,21?,22?,23+,24+,25+/m1/s1. The Morgan fingerprint density at radius 2 is 1.48 bits per heavy atom. The molecule has 0 spiro atoms. The molecule has 2 nitrogen and oxygen atoms in total. The van der Waals surface area contributed by atoms with Crippen LogP contribution in [0.4, 0.5) is 0 Å². The van der Waals surface area contributed by atoms with Gasteiger partial charge in [0.1, 0.15) is 0 Å². The second-order valence-corrected chi connectivity index (χ2v) is 22.1. The zero-order chi connectivity index (χ0) is 21.2. The van der Waals surface area contributed by atoms with E-state index in [0.717, 1.165) is 17.8 Å². The smallest absolute Gasteiger partial charge is 0.184 e. The van der Waals surface area contributed by atoms with Gasteiger partial charge in [-0.2, -0.15) is 0 Å². The Labute approximate surface area is 182 Å². The zero-order valence-electron chi connectivity index (χ0n) is 20.4. The second-order valence-electron chi connectivity index (χ2n) is 13.2. The number of fused-ring (bicyclic) bond motifs is 5. The summed E-state index contributed by atoms with van der Waals surface area (Å²) < 4.78 is 13.3. The summed E-state index contributed by atoms with van der Waals surface area (Å²) in [5.41, 5.74) is 2.61. The van der Waals surface area contributed by atoms with Crippen LogP contribution < -0.4 is 0 Å². The van der Waals surface area contributed by atoms with Gasteiger partial charge in [0, 0.05) is 0 Å². The van der Waals surface area contributed by atoms with Gasteiger partial charge in [0.15, 0.2) is 16.6 Å². The molecule has 29 heavy (non-hydrogen) atoms. The van der Waals surface area contributed by atoms with Gasteiger partial charge in [-0.15, -0.1) is 0 Å². The topological polar surface area (TPSA) is 18.5 Å². The molecule has 166 valence electrons. The van der Waals surface area contributed by atoms with Crippen molar-refractivity contribution in [2.45, 2.75) is 117 Å². The first-order chi connectivity index (χ1) is 13.3. The van der Waals surface area contributed by atoms with Crippen LogP contribution in [0.15, 0.2) is 11.6 Å². The Morgan fingerprint density at radius 1 is 0.793 bits per heavy atom. The highest BCUT2D eigenvalue weighted by molar-refractivity contribution is 6.70. The highest BCUT2D eigenvalue weighted by atomic mass is 28.4. The molecule has 4 rings (SSSR count). The third kappa shape index (κ3) is 4.13. The molecule has 4 aliphatic rings. The van der Waals surface area contributed by atoms with Crippen LogP contribution in [0.25, 0.3) is 0 Å². The molecule has 0 heterocycles. The quantitative estimate of drug-likeness (QED) is 0.339. The molecule has 4 aliphatic carbocycles. The van der Waals surface area contributed by atoms with Crippen LogP contribution in [0.5, 0.6) is 0 Å². The van der Waals surface area contributed by atoms with Crippen molar-refractivity contribution in [2.24, 2.45) is 28.6 Å². The van der Waals surface area contributed by atoms with E-state index in [9.17, 15) is 0 Å². The summed E-state index contributed by atoms with van der Waals surface area (Å²) in [5.74, 6) is 2.69. The van der Waals surface area contributed by atoms with Crippen molar-refractivity contribution < 1.29 is 8.85 Å². The lowest BCUT2D eigenvalue weighted by molar-refractivity contribution is -0.0715. The Bertz CT molecular complexity index is 661. The number of allylic oxidation sites excluding steroid dienone is 1. The molecule has 0 aromatic rings. The van der Waals surface area contributed by atoms with Crippen LogP contribution in [0.2, 0.25) is 39.3 Å². The van der Waals surface area contributed by atoms with Crippen LogP contribution in [-0.2, 0) is 8.85 Å². The molecule has 3 saturated carbocycles. The minimum absolute atomic E-state index is 0.385. The Morgan fingerprint density at radius 3 is 2.14 bits per heavy atom. The molecule has 0 aromatic heterocycles. The lowest BCUT2D eigenvalue weighted by Gasteiger charge is -2.58. The summed E-state index contributed by atoms with van der Waals surface area (Å²) >= 11 is 0. The molecular formula is C25H46O2Si2. The van der Waals surface area contributed by atoms with Crippen LogP contribution in [-0.4, -0.2) is 28.8 Å². The average Bonchev–Trinajstić information content (AvgIpc) is 2.89. The molecule has 0 N–H and O–H groups in total. The summed E-state index contributed by atoms with van der Waals surface area (Å²) in [4.78, 5) is 0. The normalized spacial score (nSPS) is 45.2. The molecule has 0 aromatic carbocycles. The predicted molar refractivity (Wildman–Crippen MR) is 128 cm³/mol. The predicted octanol–water partition coefficient (Wildman–Crippen LogP) is 7.39. The lowest BCUT2D eigenvalue weighted by Crippen LogP contribution is -2.52. The summed E-state index contributed by atoms with van der Waals surface area (Å²) in [6, 6.07) is 0. The fraction of sp³-hybridized carbons (Fsp3) is 0.920. The molecule has 0 saturated heterocycles. The molecule has 3 fully saturated rings. The largest absolute Gasteiger partial charge is 0.414 e. The zero-order valence-corrected chi connectivity index (χ0v) is 22.4. The number of hydrogen-bond donors (Lipinski definition) is 0. The van der Waals surface area contributed by atoms with E-state index in [1.165, 1.54) is 51.4 Å². The Kier molecular flexibility index (Phi) is 5.62. The van der Waals surface area contributed by atoms with Crippen LogP contribution in [0.1, 0.15) is 65.2 Å². The summed E-state index contributed by atoms with van der Waals surface area (Å²) in [5, 5.41) is 0. The van der Waals surface area contributed by atoms with Crippen molar-refractivity contribution >= 4 is 16.6 Å². The van der Waals surface area contributed by atoms with Gasteiger partial charge >= 0.3 is 0 Å². The Hall–Kier alpha value is 0.0938. The van der Waals surface area contributed by atoms with Crippen molar-refractivity contribution in [3.8, 4) is 0 Å². The third-order valence-electron chi connectivity index (χ3n) is 8.99. The third-order valence-corrected chi connectivity index (χ3v) is 11.0. The molecule has 0 bridgehead atoms. The molecule has 3 unspecified atom stereocenters. The van der Waals surface area contributed by atoms with E-state index in [1.807, 2.05) is 0 Å². The SMILES string of the molecule is C[C@]12CC[C@@H](O[Si](C)(C)C)C=C1CCC1C2CC[C@@]2(C)C1CC[C@@H]2O[Si](C)(C)C. The maximum Gasteiger partial charge on any atom is 0.184 e. The maximum atomic E-state index is 6.76. The van der Waals surface area contributed by atoms with Gasteiger partial charge in [0.25, 0.3) is 0 Å². The highest BCUT2D eigenvalue weighted by Gasteiger charge is 2.59. The van der Waals surface area contributed by atoms with Crippen LogP contribution in [0, 0.1) is 28.6 Å². The van der Waals surface area contributed by atoms with Gasteiger partial charge in [0.05, 0.1) is 12.2 Å². The van der Waals surface area contributed by atoms with Gasteiger partial charge < -0.3 is 8.85 Å².